The van der Waals surface area contributed by atoms with Crippen LogP contribution in [-0.4, -0.2) is 9.97 Å². The van der Waals surface area contributed by atoms with Crippen molar-refractivity contribution in [1.29, 1.82) is 0 Å². The third kappa shape index (κ3) is 2.99. The van der Waals surface area contributed by atoms with Gasteiger partial charge in [0.1, 0.15) is 0 Å². The van der Waals surface area contributed by atoms with Crippen LogP contribution in [0.1, 0.15) is 72.2 Å². The van der Waals surface area contributed by atoms with Gasteiger partial charge in [-0.3, -0.25) is 9.97 Å². The Morgan fingerprint density at radius 2 is 1.00 bits per heavy atom. The Morgan fingerprint density at radius 3 is 1.46 bits per heavy atom. The number of aryl methyl sites for hydroxylation is 4. The largest absolute Gasteiger partial charge is 0.251 e. The third-order valence-corrected chi connectivity index (χ3v) is 5.86. The summed E-state index contributed by atoms with van der Waals surface area (Å²) < 4.78 is 0. The highest BCUT2D eigenvalue weighted by atomic mass is 14.8. The van der Waals surface area contributed by atoms with Crippen LogP contribution < -0.4 is 0 Å². The number of hydrogen-bond donors (Lipinski definition) is 0. The normalized spacial score (nSPS) is 17.6. The van der Waals surface area contributed by atoms with Crippen LogP contribution in [0.15, 0.2) is 12.1 Å². The quantitative estimate of drug-likeness (QED) is 0.666. The van der Waals surface area contributed by atoms with Gasteiger partial charge in [0.05, 0.1) is 11.4 Å². The molecule has 2 aliphatic rings. The van der Waals surface area contributed by atoms with Crippen molar-refractivity contribution in [2.45, 2.75) is 78.1 Å². The molecule has 2 aromatic rings. The molecule has 0 atom stereocenters. The van der Waals surface area contributed by atoms with Crippen molar-refractivity contribution < 1.29 is 0 Å². The summed E-state index contributed by atoms with van der Waals surface area (Å²) in [6.45, 7) is 4.37. The van der Waals surface area contributed by atoms with Gasteiger partial charge in [-0.25, -0.2) is 0 Å². The summed E-state index contributed by atoms with van der Waals surface area (Å²) in [5.74, 6) is 0. The summed E-state index contributed by atoms with van der Waals surface area (Å²) in [6.07, 6.45) is 12.7. The van der Waals surface area contributed by atoms with E-state index in [4.69, 9.17) is 9.97 Å². The van der Waals surface area contributed by atoms with Gasteiger partial charge in [0.2, 0.25) is 0 Å². The Hall–Kier alpha value is -1.70. The number of aromatic nitrogens is 2. The molecule has 0 saturated carbocycles. The van der Waals surface area contributed by atoms with E-state index in [9.17, 15) is 0 Å². The summed E-state index contributed by atoms with van der Waals surface area (Å²) in [4.78, 5) is 9.90. The molecule has 126 valence electrons. The van der Waals surface area contributed by atoms with E-state index in [1.807, 2.05) is 0 Å². The molecule has 0 aliphatic heterocycles. The molecular formula is C22H28N2. The fraction of sp³-hybridized carbons (Fsp3) is 0.545. The summed E-state index contributed by atoms with van der Waals surface area (Å²) in [7, 11) is 0. The standard InChI is InChI=1S/C22H28N2/c1-15-19-11-7-3-5-9-17(19)13-21(23-15)22-14-18-10-6-4-8-12-20(18)16(2)24-22/h13-14H,3-12H2,1-2H3. The summed E-state index contributed by atoms with van der Waals surface area (Å²) in [5, 5.41) is 0. The second kappa shape index (κ2) is 6.66. The highest BCUT2D eigenvalue weighted by molar-refractivity contribution is 5.59. The third-order valence-electron chi connectivity index (χ3n) is 5.86. The molecule has 0 radical (unpaired) electrons. The molecule has 0 amide bonds. The van der Waals surface area contributed by atoms with Crippen LogP contribution in [0.3, 0.4) is 0 Å². The lowest BCUT2D eigenvalue weighted by atomic mass is 9.97. The predicted octanol–water partition coefficient (Wildman–Crippen LogP) is 5.30. The highest BCUT2D eigenvalue weighted by Gasteiger charge is 2.17. The van der Waals surface area contributed by atoms with Crippen LogP contribution in [0, 0.1) is 13.8 Å². The SMILES string of the molecule is Cc1nc(-c2cc3c(c(C)n2)CCCCC3)cc2c1CCCCC2. The van der Waals surface area contributed by atoms with Crippen molar-refractivity contribution >= 4 is 0 Å². The van der Waals surface area contributed by atoms with E-state index in [1.54, 1.807) is 0 Å². The van der Waals surface area contributed by atoms with Gasteiger partial charge < -0.3 is 0 Å². The van der Waals surface area contributed by atoms with Gasteiger partial charge in [-0.15, -0.1) is 0 Å². The van der Waals surface area contributed by atoms with E-state index < -0.39 is 0 Å². The Morgan fingerprint density at radius 1 is 0.583 bits per heavy atom. The molecule has 0 saturated heterocycles. The van der Waals surface area contributed by atoms with E-state index >= 15 is 0 Å². The first-order valence-electron chi connectivity index (χ1n) is 9.71. The Bertz CT molecular complexity index is 696. The molecule has 0 aromatic carbocycles. The van der Waals surface area contributed by atoms with Crippen molar-refractivity contribution in [3.05, 3.63) is 45.8 Å². The van der Waals surface area contributed by atoms with Crippen molar-refractivity contribution in [2.24, 2.45) is 0 Å². The lowest BCUT2D eigenvalue weighted by Crippen LogP contribution is -2.04. The van der Waals surface area contributed by atoms with Gasteiger partial charge in [0.25, 0.3) is 0 Å². The Kier molecular flexibility index (Phi) is 4.39. The second-order valence-electron chi connectivity index (χ2n) is 7.58. The number of nitrogens with zero attached hydrogens (tertiary/aromatic N) is 2. The fourth-order valence-electron chi connectivity index (χ4n) is 4.51. The molecule has 2 heteroatoms. The molecule has 2 aromatic heterocycles. The van der Waals surface area contributed by atoms with Crippen molar-refractivity contribution in [2.75, 3.05) is 0 Å². The van der Waals surface area contributed by atoms with Crippen LogP contribution in [0.4, 0.5) is 0 Å². The second-order valence-corrected chi connectivity index (χ2v) is 7.58. The van der Waals surface area contributed by atoms with Gasteiger partial charge in [-0.1, -0.05) is 12.8 Å². The van der Waals surface area contributed by atoms with Crippen LogP contribution in [0.5, 0.6) is 0 Å². The Labute approximate surface area is 145 Å². The first kappa shape index (κ1) is 15.8. The minimum absolute atomic E-state index is 1.09. The molecule has 24 heavy (non-hydrogen) atoms. The van der Waals surface area contributed by atoms with E-state index in [0.29, 0.717) is 0 Å². The van der Waals surface area contributed by atoms with E-state index in [2.05, 4.69) is 26.0 Å². The molecule has 2 nitrogen and oxygen atoms in total. The van der Waals surface area contributed by atoms with E-state index in [1.165, 1.54) is 97.8 Å². The van der Waals surface area contributed by atoms with Crippen molar-refractivity contribution in [3.8, 4) is 11.4 Å². The first-order chi connectivity index (χ1) is 11.7. The van der Waals surface area contributed by atoms with Crippen molar-refractivity contribution in [3.63, 3.8) is 0 Å². The number of fused-ring (bicyclic) bond motifs is 2. The summed E-state index contributed by atoms with van der Waals surface area (Å²) in [5.41, 5.74) is 10.7. The van der Waals surface area contributed by atoms with Crippen LogP contribution in [-0.2, 0) is 25.7 Å². The van der Waals surface area contributed by atoms with Gasteiger partial charge in [0.15, 0.2) is 0 Å². The average Bonchev–Trinajstić information content (AvgIpc) is 2.95. The lowest BCUT2D eigenvalue weighted by Gasteiger charge is -2.15. The van der Waals surface area contributed by atoms with Gasteiger partial charge in [0, 0.05) is 11.4 Å². The number of rotatable bonds is 1. The molecule has 0 bridgehead atoms. The zero-order valence-corrected chi connectivity index (χ0v) is 15.1. The van der Waals surface area contributed by atoms with Crippen LogP contribution >= 0.6 is 0 Å². The number of hydrogen-bond acceptors (Lipinski definition) is 2. The molecule has 4 rings (SSSR count). The Balaban J connectivity index is 1.79. The average molecular weight is 320 g/mol. The maximum absolute atomic E-state index is 4.95. The topological polar surface area (TPSA) is 25.8 Å². The van der Waals surface area contributed by atoms with Crippen LogP contribution in [0.2, 0.25) is 0 Å². The van der Waals surface area contributed by atoms with Crippen molar-refractivity contribution in [1.82, 2.24) is 9.97 Å². The fourth-order valence-corrected chi connectivity index (χ4v) is 4.51. The summed E-state index contributed by atoms with van der Waals surface area (Å²) >= 11 is 0. The first-order valence-corrected chi connectivity index (χ1v) is 9.71. The zero-order valence-electron chi connectivity index (χ0n) is 15.1. The van der Waals surface area contributed by atoms with E-state index in [0.717, 1.165) is 11.4 Å². The molecular weight excluding hydrogens is 292 g/mol. The predicted molar refractivity (Wildman–Crippen MR) is 99.5 cm³/mol. The number of pyridine rings is 2. The molecule has 0 N–H and O–H groups in total. The lowest BCUT2D eigenvalue weighted by molar-refractivity contribution is 0.711. The highest BCUT2D eigenvalue weighted by Crippen LogP contribution is 2.30. The molecule has 0 unspecified atom stereocenters. The molecule has 2 heterocycles. The maximum atomic E-state index is 4.95. The van der Waals surface area contributed by atoms with E-state index in [-0.39, 0.29) is 0 Å². The minimum atomic E-state index is 1.09. The van der Waals surface area contributed by atoms with Gasteiger partial charge >= 0.3 is 0 Å². The minimum Gasteiger partial charge on any atom is -0.251 e. The zero-order chi connectivity index (χ0) is 16.5. The van der Waals surface area contributed by atoms with Gasteiger partial charge in [-0.2, -0.15) is 0 Å². The summed E-state index contributed by atoms with van der Waals surface area (Å²) in [6, 6.07) is 4.66. The molecule has 0 fully saturated rings. The molecule has 2 aliphatic carbocycles. The smallest absolute Gasteiger partial charge is 0.0892 e. The van der Waals surface area contributed by atoms with Gasteiger partial charge in [-0.05, 0) is 99.6 Å². The molecule has 0 spiro atoms. The monoisotopic (exact) mass is 320 g/mol. The maximum Gasteiger partial charge on any atom is 0.0892 e. The van der Waals surface area contributed by atoms with Crippen LogP contribution in [0.25, 0.3) is 11.4 Å².